The van der Waals surface area contributed by atoms with Crippen molar-refractivity contribution in [3.05, 3.63) is 107 Å². The molecule has 5 rings (SSSR count). The Balaban J connectivity index is 1.34. The summed E-state index contributed by atoms with van der Waals surface area (Å²) in [7, 11) is 0. The predicted octanol–water partition coefficient (Wildman–Crippen LogP) is 3.52. The second-order valence-corrected chi connectivity index (χ2v) is 9.97. The van der Waals surface area contributed by atoms with Gasteiger partial charge in [-0.15, -0.1) is 5.10 Å². The fourth-order valence-electron chi connectivity index (χ4n) is 4.86. The van der Waals surface area contributed by atoms with Gasteiger partial charge in [0.25, 0.3) is 5.91 Å². The average molecular weight is 566 g/mol. The standard InChI is InChI=1S/C31H31N7O4/c1-2-8-23-18-27(30(40)32-26(28(39)31(41)42)17-20-9-4-3-5-10-20)35-38(23)19-21-13-15-22(16-14-21)24-11-6-7-12-25(24)29-33-36-37-34-29/h3-7,9-16,18,26,28,39H,2,8,17,19H2,1H3,(H,32,40)(H,41,42)(H,33,34,36,37)/t26-,28-/m1/s1. The third kappa shape index (κ3) is 6.58. The van der Waals surface area contributed by atoms with Crippen molar-refractivity contribution in [2.45, 2.75) is 44.9 Å². The van der Waals surface area contributed by atoms with E-state index in [-0.39, 0.29) is 12.1 Å². The number of aromatic nitrogens is 6. The van der Waals surface area contributed by atoms with Gasteiger partial charge in [-0.3, -0.25) is 9.48 Å². The van der Waals surface area contributed by atoms with Gasteiger partial charge in [-0.2, -0.15) is 5.10 Å². The van der Waals surface area contributed by atoms with Gasteiger partial charge in [-0.1, -0.05) is 92.2 Å². The summed E-state index contributed by atoms with van der Waals surface area (Å²) in [6.45, 7) is 2.49. The van der Waals surface area contributed by atoms with Gasteiger partial charge in [0, 0.05) is 11.3 Å². The van der Waals surface area contributed by atoms with Crippen molar-refractivity contribution in [2.24, 2.45) is 0 Å². The largest absolute Gasteiger partial charge is 0.479 e. The number of aliphatic carboxylic acids is 1. The molecule has 214 valence electrons. The molecule has 3 aromatic carbocycles. The maximum atomic E-state index is 13.2. The third-order valence-corrected chi connectivity index (χ3v) is 6.98. The van der Waals surface area contributed by atoms with Crippen LogP contribution in [0.4, 0.5) is 0 Å². The summed E-state index contributed by atoms with van der Waals surface area (Å²) >= 11 is 0. The van der Waals surface area contributed by atoms with Crippen molar-refractivity contribution < 1.29 is 19.8 Å². The van der Waals surface area contributed by atoms with E-state index in [1.165, 1.54) is 0 Å². The summed E-state index contributed by atoms with van der Waals surface area (Å²) in [6.07, 6.45) is -0.0455. The summed E-state index contributed by atoms with van der Waals surface area (Å²) in [5, 5.41) is 41.2. The van der Waals surface area contributed by atoms with E-state index in [1.54, 1.807) is 10.7 Å². The van der Waals surface area contributed by atoms with Gasteiger partial charge in [0.15, 0.2) is 11.9 Å². The normalized spacial score (nSPS) is 12.5. The molecule has 0 bridgehead atoms. The summed E-state index contributed by atoms with van der Waals surface area (Å²) in [5.74, 6) is -1.36. The molecule has 11 heteroatoms. The molecule has 0 fully saturated rings. The first-order chi connectivity index (χ1) is 20.4. The molecule has 0 spiro atoms. The molecule has 0 saturated heterocycles. The highest BCUT2D eigenvalue weighted by Gasteiger charge is 2.29. The molecule has 4 N–H and O–H groups in total. The van der Waals surface area contributed by atoms with Crippen molar-refractivity contribution in [3.63, 3.8) is 0 Å². The molecule has 1 amide bonds. The van der Waals surface area contributed by atoms with Crippen molar-refractivity contribution in [3.8, 4) is 22.5 Å². The molecule has 11 nitrogen and oxygen atoms in total. The van der Waals surface area contributed by atoms with E-state index in [2.05, 4.69) is 31.0 Å². The summed E-state index contributed by atoms with van der Waals surface area (Å²) in [4.78, 5) is 24.8. The molecule has 0 saturated carbocycles. The van der Waals surface area contributed by atoms with E-state index < -0.39 is 24.0 Å². The van der Waals surface area contributed by atoms with Crippen molar-refractivity contribution in [1.82, 2.24) is 35.7 Å². The molecule has 42 heavy (non-hydrogen) atoms. The van der Waals surface area contributed by atoms with Gasteiger partial charge in [0.05, 0.1) is 12.6 Å². The highest BCUT2D eigenvalue weighted by Crippen LogP contribution is 2.30. The Labute approximate surface area is 242 Å². The summed E-state index contributed by atoms with van der Waals surface area (Å²) < 4.78 is 1.79. The number of carbonyl (C=O) groups is 2. The number of H-pyrrole nitrogens is 1. The van der Waals surface area contributed by atoms with E-state index in [9.17, 15) is 19.8 Å². The van der Waals surface area contributed by atoms with Gasteiger partial charge in [-0.25, -0.2) is 9.89 Å². The van der Waals surface area contributed by atoms with Gasteiger partial charge in [0.1, 0.15) is 5.69 Å². The minimum absolute atomic E-state index is 0.158. The van der Waals surface area contributed by atoms with Crippen LogP contribution in [0.15, 0.2) is 84.9 Å². The Bertz CT molecular complexity index is 1630. The van der Waals surface area contributed by atoms with Crippen LogP contribution < -0.4 is 5.32 Å². The summed E-state index contributed by atoms with van der Waals surface area (Å²) in [6, 6.07) is 25.8. The number of aliphatic hydroxyl groups is 1. The molecule has 2 heterocycles. The number of carboxylic acid groups (broad SMARTS) is 1. The number of amides is 1. The number of hydrogen-bond acceptors (Lipinski definition) is 7. The van der Waals surface area contributed by atoms with Crippen LogP contribution in [0.3, 0.4) is 0 Å². The van der Waals surface area contributed by atoms with E-state index in [0.29, 0.717) is 18.8 Å². The van der Waals surface area contributed by atoms with E-state index in [1.807, 2.05) is 85.8 Å². The fraction of sp³-hybridized carbons (Fsp3) is 0.226. The molecule has 0 aliphatic rings. The van der Waals surface area contributed by atoms with E-state index >= 15 is 0 Å². The van der Waals surface area contributed by atoms with Crippen molar-refractivity contribution in [1.29, 1.82) is 0 Å². The summed E-state index contributed by atoms with van der Waals surface area (Å²) in [5.41, 5.74) is 5.72. The highest BCUT2D eigenvalue weighted by molar-refractivity contribution is 5.93. The molecular weight excluding hydrogens is 534 g/mol. The first kappa shape index (κ1) is 28.4. The lowest BCUT2D eigenvalue weighted by molar-refractivity contribution is -0.148. The number of aryl methyl sites for hydroxylation is 1. The Morgan fingerprint density at radius 1 is 0.952 bits per heavy atom. The number of rotatable bonds is 12. The lowest BCUT2D eigenvalue weighted by Gasteiger charge is -2.21. The number of tetrazole rings is 1. The van der Waals surface area contributed by atoms with Crippen LogP contribution >= 0.6 is 0 Å². The SMILES string of the molecule is CCCc1cc(C(=O)N[C@H](Cc2ccccc2)[C@@H](O)C(=O)O)nn1Cc1ccc(-c2ccccc2-c2nnn[nH]2)cc1. The van der Waals surface area contributed by atoms with Crippen LogP contribution in [-0.4, -0.2) is 64.6 Å². The monoisotopic (exact) mass is 565 g/mol. The maximum Gasteiger partial charge on any atom is 0.334 e. The number of nitrogens with zero attached hydrogens (tertiary/aromatic N) is 5. The quantitative estimate of drug-likeness (QED) is 0.179. The van der Waals surface area contributed by atoms with E-state index in [0.717, 1.165) is 39.9 Å². The van der Waals surface area contributed by atoms with E-state index in [4.69, 9.17) is 0 Å². The van der Waals surface area contributed by atoms with Crippen LogP contribution in [0, 0.1) is 0 Å². The number of carbonyl (C=O) groups excluding carboxylic acids is 1. The number of carboxylic acids is 1. The molecule has 2 atom stereocenters. The lowest BCUT2D eigenvalue weighted by atomic mass is 9.98. The van der Waals surface area contributed by atoms with Crippen LogP contribution in [-0.2, 0) is 24.2 Å². The van der Waals surface area contributed by atoms with Gasteiger partial charge in [-0.05, 0) is 51.6 Å². The van der Waals surface area contributed by atoms with Crippen LogP contribution in [0.2, 0.25) is 0 Å². The number of aliphatic hydroxyl groups excluding tert-OH is 1. The fourth-order valence-corrected chi connectivity index (χ4v) is 4.86. The van der Waals surface area contributed by atoms with Crippen LogP contribution in [0.25, 0.3) is 22.5 Å². The Kier molecular flexibility index (Phi) is 8.78. The Morgan fingerprint density at radius 2 is 1.67 bits per heavy atom. The third-order valence-electron chi connectivity index (χ3n) is 6.98. The van der Waals surface area contributed by atoms with Gasteiger partial charge in [0.2, 0.25) is 0 Å². The lowest BCUT2D eigenvalue weighted by Crippen LogP contribution is -2.48. The molecule has 2 aromatic heterocycles. The smallest absolute Gasteiger partial charge is 0.334 e. The van der Waals surface area contributed by atoms with Gasteiger partial charge < -0.3 is 15.5 Å². The number of benzene rings is 3. The van der Waals surface area contributed by atoms with Crippen LogP contribution in [0.5, 0.6) is 0 Å². The number of aromatic amines is 1. The zero-order valence-corrected chi connectivity index (χ0v) is 23.0. The topological polar surface area (TPSA) is 159 Å². The predicted molar refractivity (Wildman–Crippen MR) is 155 cm³/mol. The molecule has 5 aromatic rings. The first-order valence-corrected chi connectivity index (χ1v) is 13.7. The second-order valence-electron chi connectivity index (χ2n) is 9.97. The van der Waals surface area contributed by atoms with Crippen molar-refractivity contribution in [2.75, 3.05) is 0 Å². The Hall–Kier alpha value is -5.16. The zero-order valence-electron chi connectivity index (χ0n) is 23.0. The maximum absolute atomic E-state index is 13.2. The average Bonchev–Trinajstić information content (AvgIpc) is 3.68. The first-order valence-electron chi connectivity index (χ1n) is 13.7. The Morgan fingerprint density at radius 3 is 2.33 bits per heavy atom. The molecular formula is C31H31N7O4. The second kappa shape index (κ2) is 13.0. The van der Waals surface area contributed by atoms with Gasteiger partial charge >= 0.3 is 5.97 Å². The van der Waals surface area contributed by atoms with Crippen LogP contribution in [0.1, 0.15) is 40.7 Å². The number of nitrogens with one attached hydrogen (secondary N) is 2. The minimum Gasteiger partial charge on any atom is -0.479 e. The minimum atomic E-state index is -1.77. The highest BCUT2D eigenvalue weighted by atomic mass is 16.4. The number of hydrogen-bond donors (Lipinski definition) is 4. The molecule has 0 aliphatic heterocycles. The molecule has 0 radical (unpaired) electrons. The zero-order chi connectivity index (χ0) is 29.5. The molecule has 0 aliphatic carbocycles. The van der Waals surface area contributed by atoms with Crippen molar-refractivity contribution >= 4 is 11.9 Å². The molecule has 0 unspecified atom stereocenters.